The van der Waals surface area contributed by atoms with Gasteiger partial charge in [0.25, 0.3) is 5.91 Å². The van der Waals surface area contributed by atoms with Gasteiger partial charge in [-0.2, -0.15) is 0 Å². The van der Waals surface area contributed by atoms with Crippen LogP contribution in [-0.2, 0) is 16.1 Å². The number of amides is 1. The molecule has 0 unspecified atom stereocenters. The second-order valence-corrected chi connectivity index (χ2v) is 5.54. The first-order valence-corrected chi connectivity index (χ1v) is 7.66. The van der Waals surface area contributed by atoms with E-state index in [2.05, 4.69) is 23.9 Å². The van der Waals surface area contributed by atoms with Crippen LogP contribution in [0.1, 0.15) is 41.6 Å². The van der Waals surface area contributed by atoms with Gasteiger partial charge in [0.05, 0.1) is 7.11 Å². The highest BCUT2D eigenvalue weighted by molar-refractivity contribution is 5.93. The lowest BCUT2D eigenvalue weighted by Crippen LogP contribution is -2.29. The molecule has 6 heteroatoms. The van der Waals surface area contributed by atoms with Gasteiger partial charge in [0, 0.05) is 0 Å². The molecule has 1 aromatic carbocycles. The molecule has 0 spiro atoms. The minimum absolute atomic E-state index is 0.118. The van der Waals surface area contributed by atoms with E-state index < -0.39 is 11.9 Å². The highest BCUT2D eigenvalue weighted by Crippen LogP contribution is 2.19. The first-order valence-electron chi connectivity index (χ1n) is 7.66. The molecular formula is C18H21NO5. The van der Waals surface area contributed by atoms with Gasteiger partial charge < -0.3 is 19.2 Å². The van der Waals surface area contributed by atoms with E-state index in [0.29, 0.717) is 11.7 Å². The highest BCUT2D eigenvalue weighted by atomic mass is 16.5. The largest absolute Gasteiger partial charge is 0.486 e. The fourth-order valence-corrected chi connectivity index (χ4v) is 1.99. The molecule has 0 aliphatic heterocycles. The number of carbonyl (C=O) groups is 2. The van der Waals surface area contributed by atoms with E-state index in [1.54, 1.807) is 6.07 Å². The molecule has 128 valence electrons. The number of ether oxygens (including phenoxy) is 2. The van der Waals surface area contributed by atoms with Crippen LogP contribution in [0.2, 0.25) is 0 Å². The second-order valence-electron chi connectivity index (χ2n) is 5.54. The Kier molecular flexibility index (Phi) is 6.01. The minimum atomic E-state index is -0.525. The van der Waals surface area contributed by atoms with E-state index in [1.165, 1.54) is 18.7 Å². The van der Waals surface area contributed by atoms with Crippen molar-refractivity contribution in [2.24, 2.45) is 0 Å². The van der Waals surface area contributed by atoms with Crippen molar-refractivity contribution in [3.8, 4) is 5.75 Å². The maximum absolute atomic E-state index is 11.8. The van der Waals surface area contributed by atoms with Gasteiger partial charge in [0.15, 0.2) is 5.76 Å². The first kappa shape index (κ1) is 17.6. The summed E-state index contributed by atoms with van der Waals surface area (Å²) < 4.78 is 15.5. The molecule has 0 saturated heterocycles. The van der Waals surface area contributed by atoms with Crippen molar-refractivity contribution in [3.05, 3.63) is 53.5 Å². The lowest BCUT2D eigenvalue weighted by Gasteiger charge is -2.08. The molecule has 0 aliphatic rings. The summed E-state index contributed by atoms with van der Waals surface area (Å²) in [6.07, 6.45) is 0. The van der Waals surface area contributed by atoms with Crippen molar-refractivity contribution >= 4 is 11.9 Å². The SMILES string of the molecule is COC(=O)CNC(=O)c1ccc(COc2ccc(C(C)C)cc2)o1. The van der Waals surface area contributed by atoms with Crippen molar-refractivity contribution < 1.29 is 23.5 Å². The number of methoxy groups -OCH3 is 1. The van der Waals surface area contributed by atoms with Gasteiger partial charge in [-0.3, -0.25) is 9.59 Å². The Morgan fingerprint density at radius 3 is 2.46 bits per heavy atom. The van der Waals surface area contributed by atoms with Crippen molar-refractivity contribution in [1.29, 1.82) is 0 Å². The Hall–Kier alpha value is -2.76. The average Bonchev–Trinajstić information content (AvgIpc) is 3.07. The third-order valence-corrected chi connectivity index (χ3v) is 3.43. The van der Waals surface area contributed by atoms with Crippen LogP contribution in [0.15, 0.2) is 40.8 Å². The maximum Gasteiger partial charge on any atom is 0.325 e. The Morgan fingerprint density at radius 2 is 1.83 bits per heavy atom. The zero-order chi connectivity index (χ0) is 17.5. The topological polar surface area (TPSA) is 77.8 Å². The maximum atomic E-state index is 11.8. The Bertz CT molecular complexity index is 688. The molecular weight excluding hydrogens is 310 g/mol. The predicted octanol–water partition coefficient (Wildman–Crippen LogP) is 2.88. The third kappa shape index (κ3) is 4.87. The number of esters is 1. The van der Waals surface area contributed by atoms with E-state index in [4.69, 9.17) is 9.15 Å². The summed E-state index contributed by atoms with van der Waals surface area (Å²) in [5.74, 6) is 0.831. The molecule has 1 heterocycles. The van der Waals surface area contributed by atoms with Crippen LogP contribution in [0.25, 0.3) is 0 Å². The molecule has 1 amide bonds. The molecule has 0 aliphatic carbocycles. The molecule has 0 fully saturated rings. The lowest BCUT2D eigenvalue weighted by molar-refractivity contribution is -0.139. The monoisotopic (exact) mass is 331 g/mol. The molecule has 1 aromatic heterocycles. The van der Waals surface area contributed by atoms with E-state index in [-0.39, 0.29) is 18.9 Å². The van der Waals surface area contributed by atoms with Gasteiger partial charge >= 0.3 is 5.97 Å². The summed E-state index contributed by atoms with van der Waals surface area (Å²) in [5, 5.41) is 2.41. The van der Waals surface area contributed by atoms with Crippen LogP contribution in [0.3, 0.4) is 0 Å². The van der Waals surface area contributed by atoms with Gasteiger partial charge in [-0.15, -0.1) is 0 Å². The number of rotatable bonds is 7. The molecule has 0 saturated carbocycles. The summed E-state index contributed by atoms with van der Waals surface area (Å²) in [5.41, 5.74) is 1.24. The fourth-order valence-electron chi connectivity index (χ4n) is 1.99. The van der Waals surface area contributed by atoms with E-state index in [1.807, 2.05) is 24.3 Å². The number of furan rings is 1. The van der Waals surface area contributed by atoms with Gasteiger partial charge in [-0.1, -0.05) is 26.0 Å². The van der Waals surface area contributed by atoms with Gasteiger partial charge in [-0.05, 0) is 35.7 Å². The van der Waals surface area contributed by atoms with Crippen LogP contribution >= 0.6 is 0 Å². The Labute approximate surface area is 140 Å². The Balaban J connectivity index is 1.87. The van der Waals surface area contributed by atoms with E-state index in [0.717, 1.165) is 5.75 Å². The molecule has 0 bridgehead atoms. The number of nitrogens with one attached hydrogen (secondary N) is 1. The molecule has 6 nitrogen and oxygen atoms in total. The summed E-state index contributed by atoms with van der Waals surface area (Å²) in [6, 6.07) is 11.1. The summed E-state index contributed by atoms with van der Waals surface area (Å²) in [4.78, 5) is 22.8. The number of benzene rings is 1. The van der Waals surface area contributed by atoms with Crippen molar-refractivity contribution in [1.82, 2.24) is 5.32 Å². The van der Waals surface area contributed by atoms with Crippen molar-refractivity contribution in [3.63, 3.8) is 0 Å². The zero-order valence-corrected chi connectivity index (χ0v) is 14.0. The van der Waals surface area contributed by atoms with Crippen LogP contribution in [0.4, 0.5) is 0 Å². The van der Waals surface area contributed by atoms with Gasteiger partial charge in [-0.25, -0.2) is 0 Å². The molecule has 2 aromatic rings. The average molecular weight is 331 g/mol. The standard InChI is InChI=1S/C18H21NO5/c1-12(2)13-4-6-14(7-5-13)23-11-15-8-9-16(24-15)18(21)19-10-17(20)22-3/h4-9,12H,10-11H2,1-3H3,(H,19,21). The predicted molar refractivity (Wildman–Crippen MR) is 87.9 cm³/mol. The summed E-state index contributed by atoms with van der Waals surface area (Å²) >= 11 is 0. The van der Waals surface area contributed by atoms with E-state index >= 15 is 0 Å². The van der Waals surface area contributed by atoms with Crippen molar-refractivity contribution in [2.75, 3.05) is 13.7 Å². The van der Waals surface area contributed by atoms with Crippen LogP contribution in [-0.4, -0.2) is 25.5 Å². The molecule has 0 radical (unpaired) electrons. The van der Waals surface area contributed by atoms with Crippen LogP contribution in [0, 0.1) is 0 Å². The molecule has 24 heavy (non-hydrogen) atoms. The molecule has 0 atom stereocenters. The fraction of sp³-hybridized carbons (Fsp3) is 0.333. The van der Waals surface area contributed by atoms with Crippen LogP contribution in [0.5, 0.6) is 5.75 Å². The molecule has 2 rings (SSSR count). The highest BCUT2D eigenvalue weighted by Gasteiger charge is 2.13. The quantitative estimate of drug-likeness (QED) is 0.789. The minimum Gasteiger partial charge on any atom is -0.486 e. The number of hydrogen-bond donors (Lipinski definition) is 1. The first-order chi connectivity index (χ1) is 11.5. The second kappa shape index (κ2) is 8.19. The Morgan fingerprint density at radius 1 is 1.12 bits per heavy atom. The smallest absolute Gasteiger partial charge is 0.325 e. The zero-order valence-electron chi connectivity index (χ0n) is 14.0. The normalized spacial score (nSPS) is 10.5. The third-order valence-electron chi connectivity index (χ3n) is 3.43. The van der Waals surface area contributed by atoms with Gasteiger partial charge in [0.1, 0.15) is 24.7 Å². The molecule has 1 N–H and O–H groups in total. The number of carbonyl (C=O) groups excluding carboxylic acids is 2. The van der Waals surface area contributed by atoms with Crippen LogP contribution < -0.4 is 10.1 Å². The van der Waals surface area contributed by atoms with E-state index in [9.17, 15) is 9.59 Å². The summed E-state index contributed by atoms with van der Waals surface area (Å²) in [7, 11) is 1.25. The van der Waals surface area contributed by atoms with Gasteiger partial charge in [0.2, 0.25) is 0 Å². The van der Waals surface area contributed by atoms with Crippen molar-refractivity contribution in [2.45, 2.75) is 26.4 Å². The number of hydrogen-bond acceptors (Lipinski definition) is 5. The lowest BCUT2D eigenvalue weighted by atomic mass is 10.0. The summed E-state index contributed by atoms with van der Waals surface area (Å²) in [6.45, 7) is 4.27.